The van der Waals surface area contributed by atoms with Gasteiger partial charge in [-0.25, -0.2) is 18.2 Å². The smallest absolute Gasteiger partial charge is 0.271 e. The Morgan fingerprint density at radius 3 is 2.92 bits per heavy atom. The summed E-state index contributed by atoms with van der Waals surface area (Å²) in [5, 5.41) is 0.465. The molecule has 26 heavy (non-hydrogen) atoms. The molecule has 1 aromatic carbocycles. The van der Waals surface area contributed by atoms with Gasteiger partial charge in [0.2, 0.25) is 0 Å². The molecule has 0 fully saturated rings. The lowest BCUT2D eigenvalue weighted by Gasteiger charge is -2.25. The van der Waals surface area contributed by atoms with Gasteiger partial charge in [-0.1, -0.05) is 0 Å². The predicted molar refractivity (Wildman–Crippen MR) is 92.8 cm³/mol. The van der Waals surface area contributed by atoms with Crippen LogP contribution in [-0.2, 0) is 18.9 Å². The Hall–Kier alpha value is -2.55. The average molecular weight is 380 g/mol. The number of carbonyl (C=O) groups is 1. The molecule has 136 valence electrons. The van der Waals surface area contributed by atoms with Crippen molar-refractivity contribution >= 4 is 33.3 Å². The number of hydrogen-bond acceptors (Lipinski definition) is 4. The first kappa shape index (κ1) is 16.9. The highest BCUT2D eigenvalue weighted by molar-refractivity contribution is 7.15. The molecule has 2 aromatic heterocycles. The fraction of sp³-hybridized carbons (Fsp3) is 0.294. The van der Waals surface area contributed by atoms with Crippen LogP contribution in [0, 0.1) is 5.82 Å². The van der Waals surface area contributed by atoms with E-state index in [9.17, 15) is 18.0 Å². The fourth-order valence-corrected chi connectivity index (χ4v) is 4.14. The largest absolute Gasteiger partial charge is 0.375 e. The third-order valence-electron chi connectivity index (χ3n) is 4.48. The molecule has 1 amide bonds. The first-order chi connectivity index (χ1) is 12.2. The number of aromatic nitrogens is 2. The lowest BCUT2D eigenvalue weighted by Crippen LogP contribution is -2.35. The predicted octanol–water partition coefficient (Wildman–Crippen LogP) is 3.66. The normalized spacial score (nSPS) is 14.7. The highest BCUT2D eigenvalue weighted by Gasteiger charge is 2.30. The van der Waals surface area contributed by atoms with Crippen molar-refractivity contribution < 1.29 is 18.0 Å². The quantitative estimate of drug-likeness (QED) is 0.713. The number of H-pyrrole nitrogens is 1. The lowest BCUT2D eigenvalue weighted by atomic mass is 10.0. The molecule has 0 radical (unpaired) electrons. The molecule has 4 rings (SSSR count). The molecule has 0 bridgehead atoms. The van der Waals surface area contributed by atoms with Crippen LogP contribution in [0.15, 0.2) is 18.2 Å². The average Bonchev–Trinajstić information content (AvgIpc) is 3.15. The van der Waals surface area contributed by atoms with Crippen LogP contribution in [0.25, 0.3) is 10.9 Å². The van der Waals surface area contributed by atoms with Gasteiger partial charge in [0.05, 0.1) is 17.8 Å². The number of aromatic amines is 1. The van der Waals surface area contributed by atoms with Gasteiger partial charge < -0.3 is 15.6 Å². The second-order valence-electron chi connectivity index (χ2n) is 6.35. The second kappa shape index (κ2) is 5.73. The summed E-state index contributed by atoms with van der Waals surface area (Å²) in [6.07, 6.45) is 0.571. The van der Waals surface area contributed by atoms with Gasteiger partial charge in [0, 0.05) is 35.7 Å². The van der Waals surface area contributed by atoms with Crippen molar-refractivity contribution in [2.24, 2.45) is 0 Å². The van der Waals surface area contributed by atoms with Crippen molar-refractivity contribution in [1.29, 1.82) is 0 Å². The van der Waals surface area contributed by atoms with Crippen LogP contribution in [0.5, 0.6) is 0 Å². The molecular formula is C17H15F3N4OS. The maximum absolute atomic E-state index is 14.1. The molecule has 3 heterocycles. The summed E-state index contributed by atoms with van der Waals surface area (Å²) in [4.78, 5) is 22.2. The Balaban J connectivity index is 1.71. The first-order valence-corrected chi connectivity index (χ1v) is 8.78. The number of halogens is 3. The van der Waals surface area contributed by atoms with Crippen molar-refractivity contribution in [3.8, 4) is 0 Å². The van der Waals surface area contributed by atoms with Gasteiger partial charge in [-0.05, 0) is 18.2 Å². The van der Waals surface area contributed by atoms with E-state index in [1.807, 2.05) is 0 Å². The number of nitrogen functional groups attached to an aromatic ring is 1. The zero-order valence-corrected chi connectivity index (χ0v) is 14.6. The summed E-state index contributed by atoms with van der Waals surface area (Å²) in [7, 11) is 0. The molecule has 0 spiro atoms. The standard InChI is InChI=1S/C17H15F3N4OS/c1-17(19,20)9-2-3-10(18)14-8(9)6-12(22-14)15(25)24-5-4-11-13(7-24)26-16(21)23-11/h2-3,6,22H,4-5,7H2,1H3,(H2,21,23). The molecule has 5 nitrogen and oxygen atoms in total. The maximum atomic E-state index is 14.1. The van der Waals surface area contributed by atoms with E-state index >= 15 is 0 Å². The molecule has 0 saturated carbocycles. The van der Waals surface area contributed by atoms with E-state index in [0.29, 0.717) is 24.6 Å². The summed E-state index contributed by atoms with van der Waals surface area (Å²) in [5.74, 6) is -4.19. The lowest BCUT2D eigenvalue weighted by molar-refractivity contribution is 0.0190. The fourth-order valence-electron chi connectivity index (χ4n) is 3.24. The Kier molecular flexibility index (Phi) is 3.72. The number of carbonyl (C=O) groups excluding carboxylic acids is 1. The van der Waals surface area contributed by atoms with E-state index in [-0.39, 0.29) is 28.1 Å². The number of fused-ring (bicyclic) bond motifs is 2. The van der Waals surface area contributed by atoms with E-state index in [2.05, 4.69) is 9.97 Å². The number of anilines is 1. The van der Waals surface area contributed by atoms with Crippen molar-refractivity contribution in [2.75, 3.05) is 12.3 Å². The number of nitrogens with zero attached hydrogens (tertiary/aromatic N) is 2. The van der Waals surface area contributed by atoms with E-state index in [0.717, 1.165) is 29.6 Å². The van der Waals surface area contributed by atoms with Gasteiger partial charge >= 0.3 is 0 Å². The van der Waals surface area contributed by atoms with Crippen LogP contribution >= 0.6 is 11.3 Å². The van der Waals surface area contributed by atoms with Crippen LogP contribution in [0.4, 0.5) is 18.3 Å². The molecule has 0 atom stereocenters. The Labute approximate surface area is 150 Å². The van der Waals surface area contributed by atoms with Gasteiger partial charge in [0.15, 0.2) is 5.13 Å². The second-order valence-corrected chi connectivity index (χ2v) is 7.47. The summed E-state index contributed by atoms with van der Waals surface area (Å²) >= 11 is 1.32. The minimum absolute atomic E-state index is 0.0144. The molecule has 0 unspecified atom stereocenters. The third-order valence-corrected chi connectivity index (χ3v) is 5.39. The highest BCUT2D eigenvalue weighted by Crippen LogP contribution is 2.35. The number of rotatable bonds is 2. The zero-order chi connectivity index (χ0) is 18.6. The molecule has 9 heteroatoms. The summed E-state index contributed by atoms with van der Waals surface area (Å²) in [6.45, 7) is 1.52. The number of thiazole rings is 1. The van der Waals surface area contributed by atoms with E-state index in [1.165, 1.54) is 17.4 Å². The molecule has 3 N–H and O–H groups in total. The van der Waals surface area contributed by atoms with Crippen LogP contribution in [-0.4, -0.2) is 27.3 Å². The molecule has 1 aliphatic heterocycles. The van der Waals surface area contributed by atoms with Crippen molar-refractivity contribution in [1.82, 2.24) is 14.9 Å². The maximum Gasteiger partial charge on any atom is 0.271 e. The number of alkyl halides is 2. The minimum Gasteiger partial charge on any atom is -0.375 e. The van der Waals surface area contributed by atoms with Gasteiger partial charge in [-0.3, -0.25) is 4.79 Å². The molecule has 3 aromatic rings. The number of nitrogens with two attached hydrogens (primary N) is 1. The van der Waals surface area contributed by atoms with Crippen LogP contribution in [0.1, 0.15) is 33.5 Å². The monoisotopic (exact) mass is 380 g/mol. The topological polar surface area (TPSA) is 75.0 Å². The number of hydrogen-bond donors (Lipinski definition) is 2. The van der Waals surface area contributed by atoms with E-state index < -0.39 is 11.7 Å². The summed E-state index contributed by atoms with van der Waals surface area (Å²) < 4.78 is 41.7. The highest BCUT2D eigenvalue weighted by atomic mass is 32.1. The molecular weight excluding hydrogens is 365 g/mol. The van der Waals surface area contributed by atoms with Gasteiger partial charge in [0.25, 0.3) is 11.8 Å². The third kappa shape index (κ3) is 2.72. The van der Waals surface area contributed by atoms with Gasteiger partial charge in [-0.2, -0.15) is 0 Å². The van der Waals surface area contributed by atoms with Gasteiger partial charge in [0.1, 0.15) is 11.5 Å². The van der Waals surface area contributed by atoms with Gasteiger partial charge in [-0.15, -0.1) is 11.3 Å². The molecule has 0 saturated heterocycles. The Morgan fingerprint density at radius 2 is 2.19 bits per heavy atom. The van der Waals surface area contributed by atoms with Crippen molar-refractivity contribution in [2.45, 2.75) is 25.8 Å². The van der Waals surface area contributed by atoms with E-state index in [4.69, 9.17) is 5.73 Å². The molecule has 1 aliphatic rings. The van der Waals surface area contributed by atoms with Crippen molar-refractivity contribution in [3.63, 3.8) is 0 Å². The number of amides is 1. The number of nitrogens with one attached hydrogen (secondary N) is 1. The molecule has 0 aliphatic carbocycles. The van der Waals surface area contributed by atoms with Crippen molar-refractivity contribution in [3.05, 3.63) is 45.8 Å². The zero-order valence-electron chi connectivity index (χ0n) is 13.8. The Bertz CT molecular complexity index is 1020. The van der Waals surface area contributed by atoms with Crippen LogP contribution < -0.4 is 5.73 Å². The minimum atomic E-state index is -3.14. The van der Waals surface area contributed by atoms with Crippen LogP contribution in [0.3, 0.4) is 0 Å². The first-order valence-electron chi connectivity index (χ1n) is 7.97. The number of benzene rings is 1. The van der Waals surface area contributed by atoms with Crippen LogP contribution in [0.2, 0.25) is 0 Å². The Morgan fingerprint density at radius 1 is 1.42 bits per heavy atom. The van der Waals surface area contributed by atoms with E-state index in [1.54, 1.807) is 4.90 Å². The summed E-state index contributed by atoms with van der Waals surface area (Å²) in [5.41, 5.74) is 6.25. The SMILES string of the molecule is CC(F)(F)c1ccc(F)c2[nH]c(C(=O)N3CCc4nc(N)sc4C3)cc12. The summed E-state index contributed by atoms with van der Waals surface area (Å²) in [6, 6.07) is 3.32.